The number of hydrogen-bond acceptors (Lipinski definition) is 4. The molecule has 22 heavy (non-hydrogen) atoms. The van der Waals surface area contributed by atoms with Crippen LogP contribution in [0.25, 0.3) is 0 Å². The average molecular weight is 299 g/mol. The van der Waals surface area contributed by atoms with E-state index in [1.54, 1.807) is 29.9 Å². The highest BCUT2D eigenvalue weighted by molar-refractivity contribution is 6.00. The molecule has 1 aliphatic rings. The van der Waals surface area contributed by atoms with Crippen molar-refractivity contribution in [2.45, 2.75) is 19.8 Å². The van der Waals surface area contributed by atoms with Gasteiger partial charge in [0, 0.05) is 25.1 Å². The number of nitrogens with zero attached hydrogens (tertiary/aromatic N) is 2. The molecule has 0 fully saturated rings. The first-order chi connectivity index (χ1) is 10.5. The van der Waals surface area contributed by atoms with Crippen LogP contribution in [0, 0.1) is 6.92 Å². The number of amides is 1. The summed E-state index contributed by atoms with van der Waals surface area (Å²) >= 11 is 0. The van der Waals surface area contributed by atoms with Gasteiger partial charge in [0.25, 0.3) is 5.91 Å². The van der Waals surface area contributed by atoms with Crippen LogP contribution in [0.2, 0.25) is 0 Å². The van der Waals surface area contributed by atoms with E-state index in [4.69, 9.17) is 4.74 Å². The van der Waals surface area contributed by atoms with E-state index in [9.17, 15) is 9.59 Å². The number of aryl methyl sites for hydroxylation is 3. The van der Waals surface area contributed by atoms with Crippen molar-refractivity contribution < 1.29 is 14.3 Å². The van der Waals surface area contributed by atoms with E-state index in [0.29, 0.717) is 18.0 Å². The molecule has 114 valence electrons. The largest absolute Gasteiger partial charge is 0.484 e. The molecule has 0 unspecified atom stereocenters. The van der Waals surface area contributed by atoms with Gasteiger partial charge in [0.2, 0.25) is 0 Å². The van der Waals surface area contributed by atoms with Crippen molar-refractivity contribution in [2.24, 2.45) is 7.05 Å². The Morgan fingerprint density at radius 1 is 1.36 bits per heavy atom. The van der Waals surface area contributed by atoms with Crippen molar-refractivity contribution in [3.8, 4) is 5.75 Å². The minimum Gasteiger partial charge on any atom is -0.484 e. The molecule has 1 aliphatic carbocycles. The third-order valence-corrected chi connectivity index (χ3v) is 3.64. The van der Waals surface area contributed by atoms with Gasteiger partial charge in [-0.2, -0.15) is 5.10 Å². The maximum Gasteiger partial charge on any atom is 0.263 e. The highest BCUT2D eigenvalue weighted by Gasteiger charge is 2.19. The molecular formula is C16H17N3O3. The van der Waals surface area contributed by atoms with Gasteiger partial charge in [-0.15, -0.1) is 0 Å². The van der Waals surface area contributed by atoms with Crippen molar-refractivity contribution in [2.75, 3.05) is 11.9 Å². The monoisotopic (exact) mass is 299 g/mol. The molecule has 6 heteroatoms. The number of anilines is 1. The third-order valence-electron chi connectivity index (χ3n) is 3.64. The second-order valence-corrected chi connectivity index (χ2v) is 5.37. The van der Waals surface area contributed by atoms with Gasteiger partial charge in [-0.05, 0) is 37.1 Å². The smallest absolute Gasteiger partial charge is 0.263 e. The lowest BCUT2D eigenvalue weighted by molar-refractivity contribution is -0.118. The lowest BCUT2D eigenvalue weighted by Crippen LogP contribution is -2.21. The standard InChI is InChI=1S/C16H17N3O3/c1-10-7-15(19(2)18-10)17-16(21)9-22-12-4-5-13-11(8-12)3-6-14(13)20/h4-5,7-8H,3,6,9H2,1-2H3,(H,17,21). The zero-order valence-corrected chi connectivity index (χ0v) is 12.5. The molecule has 1 aromatic carbocycles. The van der Waals surface area contributed by atoms with Gasteiger partial charge in [0.05, 0.1) is 5.69 Å². The Balaban J connectivity index is 1.59. The third kappa shape index (κ3) is 2.86. The molecule has 2 aromatic rings. The van der Waals surface area contributed by atoms with Gasteiger partial charge >= 0.3 is 0 Å². The van der Waals surface area contributed by atoms with Crippen molar-refractivity contribution >= 4 is 17.5 Å². The molecule has 0 saturated heterocycles. The fraction of sp³-hybridized carbons (Fsp3) is 0.312. The van der Waals surface area contributed by atoms with Crippen molar-refractivity contribution in [1.29, 1.82) is 0 Å². The van der Waals surface area contributed by atoms with Crippen LogP contribution in [0.1, 0.15) is 28.0 Å². The Labute approximate surface area is 128 Å². The van der Waals surface area contributed by atoms with Crippen LogP contribution in [-0.4, -0.2) is 28.1 Å². The van der Waals surface area contributed by atoms with Crippen LogP contribution < -0.4 is 10.1 Å². The Morgan fingerprint density at radius 2 is 2.18 bits per heavy atom. The predicted molar refractivity (Wildman–Crippen MR) is 81.2 cm³/mol. The number of ketones is 1. The van der Waals surface area contributed by atoms with E-state index in [-0.39, 0.29) is 18.3 Å². The Kier molecular flexibility index (Phi) is 3.66. The average Bonchev–Trinajstić information content (AvgIpc) is 3.00. The summed E-state index contributed by atoms with van der Waals surface area (Å²) in [5.41, 5.74) is 2.59. The predicted octanol–water partition coefficient (Wildman–Crippen LogP) is 1.87. The normalized spacial score (nSPS) is 13.1. The van der Waals surface area contributed by atoms with Gasteiger partial charge in [-0.3, -0.25) is 14.3 Å². The van der Waals surface area contributed by atoms with Crippen molar-refractivity contribution in [1.82, 2.24) is 9.78 Å². The first kappa shape index (κ1) is 14.3. The first-order valence-electron chi connectivity index (χ1n) is 7.12. The van der Waals surface area contributed by atoms with Gasteiger partial charge in [0.15, 0.2) is 12.4 Å². The van der Waals surface area contributed by atoms with Crippen LogP contribution in [0.4, 0.5) is 5.82 Å². The number of hydrogen-bond donors (Lipinski definition) is 1. The number of carbonyl (C=O) groups is 2. The van der Waals surface area contributed by atoms with E-state index in [0.717, 1.165) is 23.2 Å². The summed E-state index contributed by atoms with van der Waals surface area (Å²) in [5, 5.41) is 6.90. The van der Waals surface area contributed by atoms with Crippen LogP contribution in [0.5, 0.6) is 5.75 Å². The number of fused-ring (bicyclic) bond motifs is 1. The maximum absolute atomic E-state index is 11.9. The Hall–Kier alpha value is -2.63. The molecule has 3 rings (SSSR count). The van der Waals surface area contributed by atoms with E-state index in [1.165, 1.54) is 0 Å². The quantitative estimate of drug-likeness (QED) is 0.935. The minimum absolute atomic E-state index is 0.0863. The summed E-state index contributed by atoms with van der Waals surface area (Å²) in [6.07, 6.45) is 1.30. The SMILES string of the molecule is Cc1cc(NC(=O)COc2ccc3c(c2)CCC3=O)n(C)n1. The second-order valence-electron chi connectivity index (χ2n) is 5.37. The van der Waals surface area contributed by atoms with Gasteiger partial charge in [0.1, 0.15) is 11.6 Å². The van der Waals surface area contributed by atoms with Crippen molar-refractivity contribution in [3.63, 3.8) is 0 Å². The second kappa shape index (κ2) is 5.63. The molecule has 6 nitrogen and oxygen atoms in total. The number of benzene rings is 1. The molecular weight excluding hydrogens is 282 g/mol. The van der Waals surface area contributed by atoms with Crippen LogP contribution in [0.15, 0.2) is 24.3 Å². The lowest BCUT2D eigenvalue weighted by atomic mass is 10.1. The first-order valence-corrected chi connectivity index (χ1v) is 7.12. The molecule has 0 bridgehead atoms. The van der Waals surface area contributed by atoms with E-state index < -0.39 is 0 Å². The zero-order chi connectivity index (χ0) is 15.7. The molecule has 0 saturated carbocycles. The fourth-order valence-electron chi connectivity index (χ4n) is 2.58. The summed E-state index contributed by atoms with van der Waals surface area (Å²) < 4.78 is 7.10. The molecule has 0 spiro atoms. The van der Waals surface area contributed by atoms with Crippen molar-refractivity contribution in [3.05, 3.63) is 41.1 Å². The van der Waals surface area contributed by atoms with E-state index in [1.807, 2.05) is 13.0 Å². The Bertz CT molecular complexity index is 749. The number of Topliss-reactive ketones (excluding diaryl/α,β-unsaturated/α-hetero) is 1. The number of aromatic nitrogens is 2. The zero-order valence-electron chi connectivity index (χ0n) is 12.5. The van der Waals surface area contributed by atoms with Crippen LogP contribution in [0.3, 0.4) is 0 Å². The van der Waals surface area contributed by atoms with Crippen LogP contribution >= 0.6 is 0 Å². The number of nitrogens with one attached hydrogen (secondary N) is 1. The number of carbonyl (C=O) groups excluding carboxylic acids is 2. The van der Waals surface area contributed by atoms with E-state index >= 15 is 0 Å². The lowest BCUT2D eigenvalue weighted by Gasteiger charge is -2.08. The molecule has 1 N–H and O–H groups in total. The van der Waals surface area contributed by atoms with Gasteiger partial charge in [-0.25, -0.2) is 0 Å². The summed E-state index contributed by atoms with van der Waals surface area (Å²) in [5.74, 6) is 1.15. The molecule has 0 aliphatic heterocycles. The molecule has 1 amide bonds. The van der Waals surface area contributed by atoms with E-state index in [2.05, 4.69) is 10.4 Å². The molecule has 1 heterocycles. The summed E-state index contributed by atoms with van der Waals surface area (Å²) in [7, 11) is 1.76. The van der Waals surface area contributed by atoms with Gasteiger partial charge < -0.3 is 10.1 Å². The van der Waals surface area contributed by atoms with Gasteiger partial charge in [-0.1, -0.05) is 0 Å². The highest BCUT2D eigenvalue weighted by atomic mass is 16.5. The fourth-order valence-corrected chi connectivity index (χ4v) is 2.58. The van der Waals surface area contributed by atoms with Crippen LogP contribution in [-0.2, 0) is 18.3 Å². The topological polar surface area (TPSA) is 73.2 Å². The maximum atomic E-state index is 11.9. The summed E-state index contributed by atoms with van der Waals surface area (Å²) in [6, 6.07) is 7.12. The molecule has 0 atom stereocenters. The minimum atomic E-state index is -0.250. The number of rotatable bonds is 4. The molecule has 1 aromatic heterocycles. The number of ether oxygens (including phenoxy) is 1. The Morgan fingerprint density at radius 3 is 2.91 bits per heavy atom. The summed E-state index contributed by atoms with van der Waals surface area (Å²) in [6.45, 7) is 1.77. The molecule has 0 radical (unpaired) electrons. The highest BCUT2D eigenvalue weighted by Crippen LogP contribution is 2.26. The summed E-state index contributed by atoms with van der Waals surface area (Å²) in [4.78, 5) is 23.5.